The standard InChI is InChI=1S/C22H17F6N7O/c1-34-18-13-6-12(15(21(23,24)25)7-16(13)31-19(29)14(18)8-30-34)20(36)35(11-3-4-11)9-10-2-5-17(33-32-10)22(26,27)28/h2,5-8,11H,3-4,9H2,1H3,(H2,29,31). The molecule has 188 valence electrons. The molecular formula is C22H17F6N7O. The molecule has 1 saturated carbocycles. The molecule has 14 heteroatoms. The van der Waals surface area contributed by atoms with Gasteiger partial charge in [0.05, 0.1) is 46.0 Å². The lowest BCUT2D eigenvalue weighted by molar-refractivity contribution is -0.141. The Morgan fingerprint density at radius 1 is 1.08 bits per heavy atom. The van der Waals surface area contributed by atoms with Crippen molar-refractivity contribution in [3.8, 4) is 0 Å². The van der Waals surface area contributed by atoms with Crippen LogP contribution in [0.2, 0.25) is 0 Å². The summed E-state index contributed by atoms with van der Waals surface area (Å²) in [5.74, 6) is -0.932. The molecule has 36 heavy (non-hydrogen) atoms. The fraction of sp³-hybridized carbons (Fsp3) is 0.318. The minimum atomic E-state index is -4.89. The maximum Gasteiger partial charge on any atom is 0.435 e. The Kier molecular flexibility index (Phi) is 5.30. The molecule has 0 saturated heterocycles. The Morgan fingerprint density at radius 2 is 1.81 bits per heavy atom. The van der Waals surface area contributed by atoms with Gasteiger partial charge in [-0.15, -0.1) is 5.10 Å². The number of aryl methyl sites for hydroxylation is 1. The number of pyridine rings is 1. The van der Waals surface area contributed by atoms with Crippen molar-refractivity contribution in [3.63, 3.8) is 0 Å². The van der Waals surface area contributed by atoms with E-state index in [9.17, 15) is 31.1 Å². The van der Waals surface area contributed by atoms with Gasteiger partial charge in [0, 0.05) is 18.5 Å². The van der Waals surface area contributed by atoms with Crippen LogP contribution in [0.25, 0.3) is 21.8 Å². The van der Waals surface area contributed by atoms with Crippen molar-refractivity contribution in [1.29, 1.82) is 0 Å². The van der Waals surface area contributed by atoms with Crippen molar-refractivity contribution < 1.29 is 31.1 Å². The smallest absolute Gasteiger partial charge is 0.383 e. The highest BCUT2D eigenvalue weighted by atomic mass is 19.4. The van der Waals surface area contributed by atoms with E-state index in [1.54, 1.807) is 7.05 Å². The van der Waals surface area contributed by atoms with Gasteiger partial charge >= 0.3 is 12.4 Å². The molecule has 3 aromatic heterocycles. The second-order valence-electron chi connectivity index (χ2n) is 8.51. The van der Waals surface area contributed by atoms with Crippen LogP contribution in [-0.2, 0) is 25.9 Å². The van der Waals surface area contributed by atoms with Crippen molar-refractivity contribution in [3.05, 3.63) is 53.0 Å². The zero-order valence-corrected chi connectivity index (χ0v) is 18.5. The maximum absolute atomic E-state index is 14.1. The Bertz CT molecular complexity index is 1490. The van der Waals surface area contributed by atoms with E-state index < -0.39 is 35.1 Å². The molecule has 1 aliphatic rings. The van der Waals surface area contributed by atoms with Gasteiger partial charge in [0.1, 0.15) is 5.82 Å². The number of rotatable bonds is 4. The van der Waals surface area contributed by atoms with Crippen molar-refractivity contribution >= 4 is 33.5 Å². The van der Waals surface area contributed by atoms with Crippen LogP contribution in [0.5, 0.6) is 0 Å². The summed E-state index contributed by atoms with van der Waals surface area (Å²) in [6, 6.07) is 3.28. The molecule has 0 radical (unpaired) electrons. The molecule has 0 bridgehead atoms. The summed E-state index contributed by atoms with van der Waals surface area (Å²) in [4.78, 5) is 18.8. The number of benzene rings is 1. The van der Waals surface area contributed by atoms with Crippen LogP contribution >= 0.6 is 0 Å². The van der Waals surface area contributed by atoms with Crippen LogP contribution in [0, 0.1) is 0 Å². The number of anilines is 1. The second-order valence-corrected chi connectivity index (χ2v) is 8.51. The lowest BCUT2D eigenvalue weighted by atomic mass is 10.0. The van der Waals surface area contributed by atoms with E-state index in [2.05, 4.69) is 20.3 Å². The van der Waals surface area contributed by atoms with E-state index in [0.717, 1.165) is 18.2 Å². The first-order valence-corrected chi connectivity index (χ1v) is 10.7. The summed E-state index contributed by atoms with van der Waals surface area (Å²) >= 11 is 0. The zero-order chi connectivity index (χ0) is 26.0. The summed E-state index contributed by atoms with van der Waals surface area (Å²) < 4.78 is 82.0. The van der Waals surface area contributed by atoms with Crippen LogP contribution in [0.1, 0.15) is 40.2 Å². The van der Waals surface area contributed by atoms with E-state index in [0.29, 0.717) is 29.8 Å². The number of hydrogen-bond donors (Lipinski definition) is 1. The van der Waals surface area contributed by atoms with E-state index >= 15 is 0 Å². The van der Waals surface area contributed by atoms with Gasteiger partial charge < -0.3 is 10.6 Å². The topological polar surface area (TPSA) is 103 Å². The Morgan fingerprint density at radius 3 is 2.39 bits per heavy atom. The fourth-order valence-corrected chi connectivity index (χ4v) is 4.09. The monoisotopic (exact) mass is 509 g/mol. The molecule has 0 atom stereocenters. The number of hydrogen-bond acceptors (Lipinski definition) is 6. The average Bonchev–Trinajstić information content (AvgIpc) is 3.57. The van der Waals surface area contributed by atoms with Gasteiger partial charge in [0.25, 0.3) is 5.91 Å². The summed E-state index contributed by atoms with van der Waals surface area (Å²) in [5, 5.41) is 11.4. The Balaban J connectivity index is 1.61. The minimum absolute atomic E-state index is 0.00159. The highest BCUT2D eigenvalue weighted by Crippen LogP contribution is 2.39. The van der Waals surface area contributed by atoms with E-state index in [1.165, 1.54) is 15.8 Å². The Hall–Kier alpha value is -3.97. The van der Waals surface area contributed by atoms with Gasteiger partial charge in [0.2, 0.25) is 0 Å². The van der Waals surface area contributed by atoms with Crippen molar-refractivity contribution in [2.45, 2.75) is 37.8 Å². The highest BCUT2D eigenvalue weighted by Gasteiger charge is 2.40. The molecule has 0 unspecified atom stereocenters. The third kappa shape index (κ3) is 4.16. The maximum atomic E-state index is 14.1. The van der Waals surface area contributed by atoms with E-state index in [-0.39, 0.29) is 35.0 Å². The van der Waals surface area contributed by atoms with Crippen molar-refractivity contribution in [2.24, 2.45) is 7.05 Å². The molecule has 1 amide bonds. The van der Waals surface area contributed by atoms with Crippen molar-refractivity contribution in [2.75, 3.05) is 5.73 Å². The summed E-state index contributed by atoms with van der Waals surface area (Å²) in [6.07, 6.45) is -7.08. The third-order valence-corrected chi connectivity index (χ3v) is 5.97. The normalized spacial score (nSPS) is 14.5. The molecule has 8 nitrogen and oxygen atoms in total. The average molecular weight is 509 g/mol. The lowest BCUT2D eigenvalue weighted by Gasteiger charge is -2.24. The second kappa shape index (κ2) is 8.03. The van der Waals surface area contributed by atoms with Gasteiger partial charge in [-0.2, -0.15) is 36.5 Å². The lowest BCUT2D eigenvalue weighted by Crippen LogP contribution is -2.34. The number of carbonyl (C=O) groups is 1. The first-order chi connectivity index (χ1) is 16.8. The molecule has 2 N–H and O–H groups in total. The van der Waals surface area contributed by atoms with Gasteiger partial charge in [0.15, 0.2) is 5.69 Å². The molecule has 1 aromatic carbocycles. The Labute approximate surface area is 198 Å². The number of carbonyl (C=O) groups excluding carboxylic acids is 1. The first kappa shape index (κ1) is 23.8. The van der Waals surface area contributed by atoms with Crippen LogP contribution in [0.3, 0.4) is 0 Å². The van der Waals surface area contributed by atoms with Gasteiger partial charge in [-0.25, -0.2) is 4.98 Å². The molecule has 4 aromatic rings. The number of halogens is 6. The number of alkyl halides is 6. The predicted molar refractivity (Wildman–Crippen MR) is 115 cm³/mol. The van der Waals surface area contributed by atoms with Gasteiger partial charge in [-0.1, -0.05) is 0 Å². The molecule has 1 fully saturated rings. The number of nitrogen functional groups attached to an aromatic ring is 1. The van der Waals surface area contributed by atoms with E-state index in [1.807, 2.05) is 0 Å². The quantitative estimate of drug-likeness (QED) is 0.411. The highest BCUT2D eigenvalue weighted by molar-refractivity contribution is 6.10. The predicted octanol–water partition coefficient (Wildman–Crippen LogP) is 4.34. The van der Waals surface area contributed by atoms with Gasteiger partial charge in [-0.3, -0.25) is 9.48 Å². The molecule has 1 aliphatic carbocycles. The molecule has 5 rings (SSSR count). The first-order valence-electron chi connectivity index (χ1n) is 10.7. The number of amides is 1. The zero-order valence-electron chi connectivity index (χ0n) is 18.5. The number of aromatic nitrogens is 5. The number of nitrogens with two attached hydrogens (primary N) is 1. The number of fused-ring (bicyclic) bond motifs is 3. The molecule has 3 heterocycles. The fourth-order valence-electron chi connectivity index (χ4n) is 4.09. The number of nitrogens with zero attached hydrogens (tertiary/aromatic N) is 6. The van der Waals surface area contributed by atoms with Crippen LogP contribution in [0.15, 0.2) is 30.5 Å². The van der Waals surface area contributed by atoms with Gasteiger partial charge in [-0.05, 0) is 37.1 Å². The summed E-state index contributed by atoms with van der Waals surface area (Å²) in [5.41, 5.74) is 3.25. The van der Waals surface area contributed by atoms with Crippen molar-refractivity contribution in [1.82, 2.24) is 29.9 Å². The summed E-state index contributed by atoms with van der Waals surface area (Å²) in [6.45, 7) is -0.301. The van der Waals surface area contributed by atoms with E-state index in [4.69, 9.17) is 5.73 Å². The molecule has 0 aliphatic heterocycles. The SMILES string of the molecule is Cn1ncc2c(N)nc3cc(C(F)(F)F)c(C(=O)N(Cc4ccc(C(F)(F)F)nn4)C4CC4)cc3c21. The largest absolute Gasteiger partial charge is 0.435 e. The third-order valence-electron chi connectivity index (χ3n) is 5.97. The van der Waals surface area contributed by atoms with Crippen LogP contribution < -0.4 is 5.73 Å². The van der Waals surface area contributed by atoms with Crippen LogP contribution in [-0.4, -0.2) is 41.8 Å². The summed E-state index contributed by atoms with van der Waals surface area (Å²) in [7, 11) is 1.58. The molecular weight excluding hydrogens is 492 g/mol. The van der Waals surface area contributed by atoms with Crippen LogP contribution in [0.4, 0.5) is 32.2 Å². The molecule has 0 spiro atoms. The minimum Gasteiger partial charge on any atom is -0.383 e.